The molecule has 124 valence electrons. The number of aliphatic carboxylic acids is 1. The highest BCUT2D eigenvalue weighted by Crippen LogP contribution is 2.19. The van der Waals surface area contributed by atoms with E-state index in [0.717, 1.165) is 27.8 Å². The van der Waals surface area contributed by atoms with Gasteiger partial charge >= 0.3 is 5.97 Å². The van der Waals surface area contributed by atoms with E-state index in [1.165, 1.54) is 0 Å². The number of benzene rings is 2. The molecule has 24 heavy (non-hydrogen) atoms. The van der Waals surface area contributed by atoms with Crippen molar-refractivity contribution in [1.82, 2.24) is 10.3 Å². The number of H-pyrrole nitrogens is 1. The second-order valence-electron chi connectivity index (χ2n) is 5.69. The highest BCUT2D eigenvalue weighted by molar-refractivity contribution is 5.84. The maximum atomic E-state index is 11.6. The molecule has 3 rings (SSSR count). The Balaban J connectivity index is 1.72. The molecule has 0 fully saturated rings. The molecule has 0 saturated heterocycles. The third-order valence-corrected chi connectivity index (χ3v) is 4.08. The van der Waals surface area contributed by atoms with E-state index < -0.39 is 12.0 Å². The van der Waals surface area contributed by atoms with Crippen LogP contribution in [-0.4, -0.2) is 29.2 Å². The lowest BCUT2D eigenvalue weighted by Gasteiger charge is -2.14. The standard InChI is InChI=1S/C19H20N2O3/c1-24-15-6-4-5-13(9-15)11-20-18(19(22)23)10-14-12-21-17-8-3-2-7-16(14)17/h2-9,12,18,20-21H,10-11H2,1H3,(H,22,23). The number of rotatable bonds is 7. The number of nitrogens with one attached hydrogen (secondary N) is 2. The Kier molecular flexibility index (Phi) is 4.82. The fourth-order valence-electron chi connectivity index (χ4n) is 2.79. The fraction of sp³-hybridized carbons (Fsp3) is 0.211. The predicted octanol–water partition coefficient (Wildman–Crippen LogP) is 2.96. The maximum Gasteiger partial charge on any atom is 0.321 e. The van der Waals surface area contributed by atoms with E-state index in [2.05, 4.69) is 10.3 Å². The zero-order valence-corrected chi connectivity index (χ0v) is 13.5. The Morgan fingerprint density at radius 1 is 1.25 bits per heavy atom. The highest BCUT2D eigenvalue weighted by atomic mass is 16.5. The number of hydrogen-bond acceptors (Lipinski definition) is 3. The first-order valence-electron chi connectivity index (χ1n) is 7.81. The number of aromatic amines is 1. The molecule has 3 aromatic rings. The molecule has 0 bridgehead atoms. The molecule has 0 saturated carbocycles. The molecule has 0 aliphatic carbocycles. The Morgan fingerprint density at radius 3 is 2.88 bits per heavy atom. The van der Waals surface area contributed by atoms with Crippen molar-refractivity contribution in [3.8, 4) is 5.75 Å². The summed E-state index contributed by atoms with van der Waals surface area (Å²) in [6.45, 7) is 0.469. The van der Waals surface area contributed by atoms with E-state index in [1.54, 1.807) is 7.11 Å². The van der Waals surface area contributed by atoms with Crippen LogP contribution in [0.25, 0.3) is 10.9 Å². The summed E-state index contributed by atoms with van der Waals surface area (Å²) >= 11 is 0. The van der Waals surface area contributed by atoms with E-state index in [1.807, 2.05) is 54.7 Å². The number of hydrogen-bond donors (Lipinski definition) is 3. The number of fused-ring (bicyclic) bond motifs is 1. The fourth-order valence-corrected chi connectivity index (χ4v) is 2.79. The third kappa shape index (κ3) is 3.58. The van der Waals surface area contributed by atoms with Crippen LogP contribution in [0, 0.1) is 0 Å². The average molecular weight is 324 g/mol. The summed E-state index contributed by atoms with van der Waals surface area (Å²) in [5.74, 6) is -0.0963. The number of methoxy groups -OCH3 is 1. The molecule has 0 spiro atoms. The zero-order valence-electron chi connectivity index (χ0n) is 13.5. The molecular formula is C19H20N2O3. The molecule has 1 heterocycles. The van der Waals surface area contributed by atoms with Crippen molar-refractivity contribution in [2.45, 2.75) is 19.0 Å². The Bertz CT molecular complexity index is 841. The largest absolute Gasteiger partial charge is 0.497 e. The summed E-state index contributed by atoms with van der Waals surface area (Å²) in [5, 5.41) is 13.7. The number of carboxylic acids is 1. The molecule has 0 amide bonds. The molecule has 0 aliphatic heterocycles. The summed E-state index contributed by atoms with van der Waals surface area (Å²) < 4.78 is 5.19. The molecule has 1 unspecified atom stereocenters. The monoisotopic (exact) mass is 324 g/mol. The topological polar surface area (TPSA) is 74.3 Å². The van der Waals surface area contributed by atoms with Crippen molar-refractivity contribution < 1.29 is 14.6 Å². The van der Waals surface area contributed by atoms with E-state index in [0.29, 0.717) is 13.0 Å². The second-order valence-corrected chi connectivity index (χ2v) is 5.69. The molecule has 5 heteroatoms. The minimum Gasteiger partial charge on any atom is -0.497 e. The van der Waals surface area contributed by atoms with E-state index in [4.69, 9.17) is 4.74 Å². The van der Waals surface area contributed by atoms with Gasteiger partial charge in [0.1, 0.15) is 11.8 Å². The number of ether oxygens (including phenoxy) is 1. The van der Waals surface area contributed by atoms with E-state index in [-0.39, 0.29) is 0 Å². The van der Waals surface area contributed by atoms with Gasteiger partial charge < -0.3 is 20.1 Å². The van der Waals surface area contributed by atoms with Crippen LogP contribution in [0.2, 0.25) is 0 Å². The minimum atomic E-state index is -0.858. The van der Waals surface area contributed by atoms with Gasteiger partial charge in [-0.25, -0.2) is 0 Å². The number of aromatic nitrogens is 1. The van der Waals surface area contributed by atoms with Crippen LogP contribution in [-0.2, 0) is 17.8 Å². The summed E-state index contributed by atoms with van der Waals surface area (Å²) in [7, 11) is 1.61. The average Bonchev–Trinajstić information content (AvgIpc) is 3.01. The quantitative estimate of drug-likeness (QED) is 0.625. The van der Waals surface area contributed by atoms with Gasteiger partial charge in [0, 0.05) is 30.1 Å². The maximum absolute atomic E-state index is 11.6. The Labute approximate surface area is 140 Å². The molecule has 1 atom stereocenters. The van der Waals surface area contributed by atoms with Crippen LogP contribution < -0.4 is 10.1 Å². The first kappa shape index (κ1) is 16.1. The van der Waals surface area contributed by atoms with Gasteiger partial charge in [0.2, 0.25) is 0 Å². The predicted molar refractivity (Wildman–Crippen MR) is 93.3 cm³/mol. The van der Waals surface area contributed by atoms with Gasteiger partial charge in [-0.05, 0) is 29.3 Å². The summed E-state index contributed by atoms with van der Waals surface area (Å²) in [6, 6.07) is 14.8. The van der Waals surface area contributed by atoms with Gasteiger partial charge in [-0.3, -0.25) is 4.79 Å². The smallest absolute Gasteiger partial charge is 0.321 e. The van der Waals surface area contributed by atoms with Crippen LogP contribution >= 0.6 is 0 Å². The molecule has 2 aromatic carbocycles. The van der Waals surface area contributed by atoms with Crippen molar-refractivity contribution >= 4 is 16.9 Å². The highest BCUT2D eigenvalue weighted by Gasteiger charge is 2.19. The minimum absolute atomic E-state index is 0.420. The van der Waals surface area contributed by atoms with Crippen molar-refractivity contribution in [1.29, 1.82) is 0 Å². The van der Waals surface area contributed by atoms with Gasteiger partial charge in [-0.2, -0.15) is 0 Å². The summed E-state index contributed by atoms with van der Waals surface area (Å²) in [4.78, 5) is 14.8. The van der Waals surface area contributed by atoms with Gasteiger partial charge in [0.25, 0.3) is 0 Å². The number of para-hydroxylation sites is 1. The summed E-state index contributed by atoms with van der Waals surface area (Å²) in [6.07, 6.45) is 2.30. The molecule has 1 aromatic heterocycles. The first-order chi connectivity index (χ1) is 11.7. The first-order valence-corrected chi connectivity index (χ1v) is 7.81. The zero-order chi connectivity index (χ0) is 16.9. The van der Waals surface area contributed by atoms with Crippen LogP contribution in [0.1, 0.15) is 11.1 Å². The molecular weight excluding hydrogens is 304 g/mol. The second kappa shape index (κ2) is 7.19. The molecule has 0 radical (unpaired) electrons. The molecule has 3 N–H and O–H groups in total. The van der Waals surface area contributed by atoms with Crippen LogP contribution in [0.15, 0.2) is 54.7 Å². The lowest BCUT2D eigenvalue weighted by molar-refractivity contribution is -0.139. The van der Waals surface area contributed by atoms with Crippen LogP contribution in [0.5, 0.6) is 5.75 Å². The van der Waals surface area contributed by atoms with Crippen molar-refractivity contribution in [3.63, 3.8) is 0 Å². The van der Waals surface area contributed by atoms with Gasteiger partial charge in [0.05, 0.1) is 7.11 Å². The Morgan fingerprint density at radius 2 is 2.08 bits per heavy atom. The van der Waals surface area contributed by atoms with E-state index >= 15 is 0 Å². The van der Waals surface area contributed by atoms with E-state index in [9.17, 15) is 9.90 Å². The normalized spacial score (nSPS) is 12.2. The lowest BCUT2D eigenvalue weighted by atomic mass is 10.0. The Hall–Kier alpha value is -2.79. The van der Waals surface area contributed by atoms with Gasteiger partial charge in [-0.1, -0.05) is 30.3 Å². The van der Waals surface area contributed by atoms with Crippen LogP contribution in [0.3, 0.4) is 0 Å². The van der Waals surface area contributed by atoms with Crippen LogP contribution in [0.4, 0.5) is 0 Å². The number of carbonyl (C=O) groups is 1. The van der Waals surface area contributed by atoms with Crippen molar-refractivity contribution in [2.24, 2.45) is 0 Å². The SMILES string of the molecule is COc1cccc(CNC(Cc2c[nH]c3ccccc23)C(=O)O)c1. The molecule has 5 nitrogen and oxygen atoms in total. The third-order valence-electron chi connectivity index (χ3n) is 4.08. The summed E-state index contributed by atoms with van der Waals surface area (Å²) in [5.41, 5.74) is 3.00. The van der Waals surface area contributed by atoms with Gasteiger partial charge in [0.15, 0.2) is 0 Å². The number of carboxylic acid groups (broad SMARTS) is 1. The van der Waals surface area contributed by atoms with Crippen molar-refractivity contribution in [3.05, 3.63) is 65.9 Å². The molecule has 0 aliphatic rings. The van der Waals surface area contributed by atoms with Crippen molar-refractivity contribution in [2.75, 3.05) is 7.11 Å². The lowest BCUT2D eigenvalue weighted by Crippen LogP contribution is -2.38. The van der Waals surface area contributed by atoms with Gasteiger partial charge in [-0.15, -0.1) is 0 Å².